The number of amides is 1. The van der Waals surface area contributed by atoms with E-state index >= 15 is 0 Å². The normalized spacial score (nSPS) is 18.3. The highest BCUT2D eigenvalue weighted by molar-refractivity contribution is 7.99. The van der Waals surface area contributed by atoms with Crippen LogP contribution in [0.4, 0.5) is 0 Å². The lowest BCUT2D eigenvalue weighted by Gasteiger charge is -2.34. The Kier molecular flexibility index (Phi) is 5.65. The Labute approximate surface area is 133 Å². The van der Waals surface area contributed by atoms with Crippen molar-refractivity contribution in [3.05, 3.63) is 23.9 Å². The molecule has 2 heterocycles. The van der Waals surface area contributed by atoms with E-state index in [1.54, 1.807) is 28.8 Å². The average Bonchev–Trinajstić information content (AvgIpc) is 2.47. The number of hydrogen-bond donors (Lipinski definition) is 1. The minimum atomic E-state index is -0.885. The van der Waals surface area contributed by atoms with Gasteiger partial charge in [-0.3, -0.25) is 9.59 Å². The minimum absolute atomic E-state index is 0.0214. The van der Waals surface area contributed by atoms with E-state index in [0.717, 1.165) is 5.75 Å². The summed E-state index contributed by atoms with van der Waals surface area (Å²) in [6.45, 7) is 4.37. The first-order chi connectivity index (χ1) is 10.5. The van der Waals surface area contributed by atoms with E-state index in [1.807, 2.05) is 13.8 Å². The monoisotopic (exact) mass is 324 g/mol. The number of carboxylic acids is 1. The Bertz CT molecular complexity index is 533. The summed E-state index contributed by atoms with van der Waals surface area (Å²) in [6, 6.07) is 3.07. The number of thioether (sulfide) groups is 1. The van der Waals surface area contributed by atoms with Crippen LogP contribution in [0.3, 0.4) is 0 Å². The van der Waals surface area contributed by atoms with Crippen LogP contribution in [0.1, 0.15) is 30.6 Å². The van der Waals surface area contributed by atoms with Gasteiger partial charge in [-0.05, 0) is 19.9 Å². The molecule has 1 unspecified atom stereocenters. The average molecular weight is 324 g/mol. The second-order valence-electron chi connectivity index (χ2n) is 5.38. The molecule has 1 amide bonds. The molecule has 1 atom stereocenters. The molecule has 22 heavy (non-hydrogen) atoms. The van der Waals surface area contributed by atoms with E-state index in [0.29, 0.717) is 23.7 Å². The molecule has 2 rings (SSSR count). The van der Waals surface area contributed by atoms with Crippen molar-refractivity contribution in [1.29, 1.82) is 0 Å². The third-order valence-electron chi connectivity index (χ3n) is 3.24. The van der Waals surface area contributed by atoms with Gasteiger partial charge in [0, 0.05) is 30.3 Å². The Morgan fingerprint density at radius 1 is 1.50 bits per heavy atom. The highest BCUT2D eigenvalue weighted by atomic mass is 32.2. The van der Waals surface area contributed by atoms with Gasteiger partial charge in [0.05, 0.1) is 24.1 Å². The summed E-state index contributed by atoms with van der Waals surface area (Å²) in [6.07, 6.45) is 1.48. The van der Waals surface area contributed by atoms with Crippen LogP contribution in [0.5, 0.6) is 5.88 Å². The first-order valence-corrected chi connectivity index (χ1v) is 8.36. The summed E-state index contributed by atoms with van der Waals surface area (Å²) < 4.78 is 5.45. The molecule has 0 bridgehead atoms. The molecule has 7 heteroatoms. The lowest BCUT2D eigenvalue weighted by molar-refractivity contribution is -0.138. The summed E-state index contributed by atoms with van der Waals surface area (Å²) in [5.74, 6) is 0.895. The molecule has 1 aliphatic heterocycles. The second-order valence-corrected chi connectivity index (χ2v) is 6.53. The maximum Gasteiger partial charge on any atom is 0.305 e. The van der Waals surface area contributed by atoms with Crippen molar-refractivity contribution in [3.63, 3.8) is 0 Å². The zero-order chi connectivity index (χ0) is 16.1. The topological polar surface area (TPSA) is 79.7 Å². The molecule has 120 valence electrons. The fourth-order valence-corrected chi connectivity index (χ4v) is 3.34. The molecule has 0 aliphatic carbocycles. The van der Waals surface area contributed by atoms with Gasteiger partial charge in [0.2, 0.25) is 5.88 Å². The zero-order valence-corrected chi connectivity index (χ0v) is 13.5. The van der Waals surface area contributed by atoms with E-state index in [9.17, 15) is 9.59 Å². The number of aliphatic carboxylic acids is 1. The lowest BCUT2D eigenvalue weighted by atomic mass is 10.1. The summed E-state index contributed by atoms with van der Waals surface area (Å²) in [4.78, 5) is 29.3. The van der Waals surface area contributed by atoms with Crippen molar-refractivity contribution in [1.82, 2.24) is 9.88 Å². The van der Waals surface area contributed by atoms with Crippen molar-refractivity contribution in [3.8, 4) is 5.88 Å². The highest BCUT2D eigenvalue weighted by Crippen LogP contribution is 2.21. The van der Waals surface area contributed by atoms with Crippen LogP contribution >= 0.6 is 11.8 Å². The maximum absolute atomic E-state index is 12.6. The number of hydrogen-bond acceptors (Lipinski definition) is 5. The zero-order valence-electron chi connectivity index (χ0n) is 12.7. The molecular formula is C15H20N2O4S. The van der Waals surface area contributed by atoms with Gasteiger partial charge >= 0.3 is 5.97 Å². The molecule has 1 fully saturated rings. The predicted molar refractivity (Wildman–Crippen MR) is 84.4 cm³/mol. The van der Waals surface area contributed by atoms with Crippen molar-refractivity contribution in [2.45, 2.75) is 32.4 Å². The van der Waals surface area contributed by atoms with E-state index < -0.39 is 5.97 Å². The van der Waals surface area contributed by atoms with Gasteiger partial charge in [-0.2, -0.15) is 11.8 Å². The number of aromatic nitrogens is 1. The van der Waals surface area contributed by atoms with Gasteiger partial charge in [0.15, 0.2) is 0 Å². The fraction of sp³-hybridized carbons (Fsp3) is 0.533. The first kappa shape index (κ1) is 16.6. The van der Waals surface area contributed by atoms with Crippen molar-refractivity contribution in [2.75, 3.05) is 18.1 Å². The van der Waals surface area contributed by atoms with Gasteiger partial charge in [-0.1, -0.05) is 0 Å². The Morgan fingerprint density at radius 3 is 2.86 bits per heavy atom. The van der Waals surface area contributed by atoms with Gasteiger partial charge in [0.1, 0.15) is 0 Å². The largest absolute Gasteiger partial charge is 0.481 e. The third kappa shape index (κ3) is 4.37. The van der Waals surface area contributed by atoms with Crippen LogP contribution in [0.15, 0.2) is 18.3 Å². The smallest absolute Gasteiger partial charge is 0.305 e. The molecule has 6 nitrogen and oxygen atoms in total. The fourth-order valence-electron chi connectivity index (χ4n) is 2.28. The van der Waals surface area contributed by atoms with Crippen molar-refractivity contribution in [2.24, 2.45) is 0 Å². The number of carbonyl (C=O) groups is 2. The number of carboxylic acid groups (broad SMARTS) is 1. The maximum atomic E-state index is 12.6. The molecular weight excluding hydrogens is 304 g/mol. The van der Waals surface area contributed by atoms with E-state index in [2.05, 4.69) is 4.98 Å². The molecule has 1 saturated heterocycles. The number of pyridine rings is 1. The summed E-state index contributed by atoms with van der Waals surface area (Å²) in [5.41, 5.74) is 0.457. The van der Waals surface area contributed by atoms with E-state index in [1.165, 1.54) is 6.20 Å². The lowest BCUT2D eigenvalue weighted by Crippen LogP contribution is -2.47. The molecule has 1 aliphatic rings. The highest BCUT2D eigenvalue weighted by Gasteiger charge is 2.29. The number of ether oxygens (including phenoxy) is 1. The molecule has 0 radical (unpaired) electrons. The molecule has 1 aromatic heterocycles. The van der Waals surface area contributed by atoms with Crippen LogP contribution in [0.2, 0.25) is 0 Å². The van der Waals surface area contributed by atoms with Crippen molar-refractivity contribution >= 4 is 23.6 Å². The summed E-state index contributed by atoms with van der Waals surface area (Å²) in [5, 5.41) is 8.98. The van der Waals surface area contributed by atoms with Crippen LogP contribution in [0, 0.1) is 0 Å². The number of carbonyl (C=O) groups excluding carboxylic acids is 1. The van der Waals surface area contributed by atoms with Crippen molar-refractivity contribution < 1.29 is 19.4 Å². The van der Waals surface area contributed by atoms with Gasteiger partial charge < -0.3 is 14.7 Å². The van der Waals surface area contributed by atoms with Crippen LogP contribution in [0.25, 0.3) is 0 Å². The molecule has 0 aromatic carbocycles. The molecule has 0 saturated carbocycles. The number of rotatable bonds is 5. The Balaban J connectivity index is 2.09. The van der Waals surface area contributed by atoms with E-state index in [4.69, 9.17) is 9.84 Å². The standard InChI is InChI=1S/C15H20N2O4S/c1-10(2)21-13-4-3-11(8-16-13)15(20)17-5-6-22-9-12(17)7-14(18)19/h3-4,8,10,12H,5-7,9H2,1-2H3,(H,18,19). The van der Waals surface area contributed by atoms with Crippen LogP contribution < -0.4 is 4.74 Å². The van der Waals surface area contributed by atoms with Gasteiger partial charge in [0.25, 0.3) is 5.91 Å². The molecule has 1 N–H and O–H groups in total. The Morgan fingerprint density at radius 2 is 2.27 bits per heavy atom. The van der Waals surface area contributed by atoms with Crippen LogP contribution in [-0.2, 0) is 4.79 Å². The predicted octanol–water partition coefficient (Wildman–Crippen LogP) is 1.90. The van der Waals surface area contributed by atoms with Crippen LogP contribution in [-0.4, -0.2) is 57.1 Å². The molecule has 1 aromatic rings. The van der Waals surface area contributed by atoms with E-state index in [-0.39, 0.29) is 24.5 Å². The first-order valence-electron chi connectivity index (χ1n) is 7.20. The SMILES string of the molecule is CC(C)Oc1ccc(C(=O)N2CCSCC2CC(=O)O)cn1. The van der Waals surface area contributed by atoms with Gasteiger partial charge in [-0.15, -0.1) is 0 Å². The number of nitrogens with zero attached hydrogens (tertiary/aromatic N) is 2. The second kappa shape index (κ2) is 7.49. The molecule has 0 spiro atoms. The quantitative estimate of drug-likeness (QED) is 0.891. The summed E-state index contributed by atoms with van der Waals surface area (Å²) in [7, 11) is 0. The van der Waals surface area contributed by atoms with Gasteiger partial charge in [-0.25, -0.2) is 4.98 Å². The summed E-state index contributed by atoms with van der Waals surface area (Å²) >= 11 is 1.68. The minimum Gasteiger partial charge on any atom is -0.481 e. The third-order valence-corrected chi connectivity index (χ3v) is 4.33. The Hall–Kier alpha value is -1.76.